The van der Waals surface area contributed by atoms with Gasteiger partial charge >= 0.3 is 5.82 Å². The molecule has 0 radical (unpaired) electrons. The van der Waals surface area contributed by atoms with Crippen molar-refractivity contribution in [2.75, 3.05) is 12.4 Å². The maximum Gasteiger partial charge on any atom is 0.390 e. The van der Waals surface area contributed by atoms with Crippen molar-refractivity contribution < 1.29 is 19.4 Å². The van der Waals surface area contributed by atoms with Crippen molar-refractivity contribution in [3.63, 3.8) is 0 Å². The summed E-state index contributed by atoms with van der Waals surface area (Å²) < 4.78 is 6.27. The van der Waals surface area contributed by atoms with Gasteiger partial charge in [-0.05, 0) is 18.3 Å². The number of carbonyl (C=O) groups is 1. The summed E-state index contributed by atoms with van der Waals surface area (Å²) in [5.41, 5.74) is 0.396. The number of ether oxygens (including phenoxy) is 1. The summed E-state index contributed by atoms with van der Waals surface area (Å²) in [5, 5.41) is 28.3. The number of non-ortho nitro benzene ring substituents is 1. The Kier molecular flexibility index (Phi) is 5.50. The van der Waals surface area contributed by atoms with Crippen molar-refractivity contribution in [2.45, 2.75) is 26.3 Å². The summed E-state index contributed by atoms with van der Waals surface area (Å²) in [7, 11) is 1.35. The van der Waals surface area contributed by atoms with E-state index in [-0.39, 0.29) is 22.9 Å². The molecule has 0 fully saturated rings. The minimum Gasteiger partial charge on any atom is -0.496 e. The van der Waals surface area contributed by atoms with E-state index in [0.717, 1.165) is 0 Å². The number of hydrogen-bond donors (Lipinski definition) is 1. The second-order valence-corrected chi connectivity index (χ2v) is 5.44. The van der Waals surface area contributed by atoms with E-state index in [1.165, 1.54) is 36.1 Å². The number of nitro benzene ring substituents is 1. The van der Waals surface area contributed by atoms with E-state index in [0.29, 0.717) is 12.1 Å². The molecule has 0 aliphatic rings. The normalized spacial score (nSPS) is 11.7. The van der Waals surface area contributed by atoms with Crippen LogP contribution in [0.25, 0.3) is 0 Å². The largest absolute Gasteiger partial charge is 0.496 e. The molecule has 1 N–H and O–H groups in total. The number of aryl methyl sites for hydroxylation is 1. The zero-order valence-electron chi connectivity index (χ0n) is 14.3. The quantitative estimate of drug-likeness (QED) is 0.588. The van der Waals surface area contributed by atoms with E-state index in [4.69, 9.17) is 4.74 Å². The van der Waals surface area contributed by atoms with E-state index in [2.05, 4.69) is 10.4 Å². The first-order valence-corrected chi connectivity index (χ1v) is 7.61. The van der Waals surface area contributed by atoms with Crippen molar-refractivity contribution in [1.82, 2.24) is 9.78 Å². The van der Waals surface area contributed by atoms with Crippen LogP contribution < -0.4 is 10.1 Å². The van der Waals surface area contributed by atoms with Crippen LogP contribution in [0, 0.1) is 27.2 Å². The molecule has 1 atom stereocenters. The number of nitrogens with zero attached hydrogens (tertiary/aromatic N) is 4. The monoisotopic (exact) mass is 363 g/mol. The Morgan fingerprint density at radius 2 is 1.96 bits per heavy atom. The van der Waals surface area contributed by atoms with Gasteiger partial charge in [-0.2, -0.15) is 4.68 Å². The molecule has 0 aliphatic carbocycles. The van der Waals surface area contributed by atoms with E-state index >= 15 is 0 Å². The molecule has 1 unspecified atom stereocenters. The van der Waals surface area contributed by atoms with Crippen LogP contribution in [0.1, 0.15) is 25.1 Å². The van der Waals surface area contributed by atoms with Crippen LogP contribution in [0.5, 0.6) is 5.75 Å². The Bertz CT molecular complexity index is 862. The number of benzene rings is 1. The highest BCUT2D eigenvalue weighted by Gasteiger charge is 2.27. The Hall–Kier alpha value is -3.50. The molecule has 11 heteroatoms. The standard InChI is InChI=1S/C15H17N5O6/c1-4-13(18-9(2)5-14(17-18)20(24)25)15(21)16-10-6-11(19(22)23)8-12(7-10)26-3/h5-8,13H,4H2,1-3H3,(H,16,21). The van der Waals surface area contributed by atoms with E-state index < -0.39 is 21.8 Å². The highest BCUT2D eigenvalue weighted by atomic mass is 16.6. The van der Waals surface area contributed by atoms with Crippen molar-refractivity contribution in [3.05, 3.63) is 50.2 Å². The first kappa shape index (κ1) is 18.8. The van der Waals surface area contributed by atoms with Crippen LogP contribution >= 0.6 is 0 Å². The predicted octanol–water partition coefficient (Wildman–Crippen LogP) is 2.61. The fourth-order valence-electron chi connectivity index (χ4n) is 2.45. The second-order valence-electron chi connectivity index (χ2n) is 5.44. The lowest BCUT2D eigenvalue weighted by atomic mass is 10.2. The number of nitro groups is 2. The average Bonchev–Trinajstić information content (AvgIpc) is 2.97. The summed E-state index contributed by atoms with van der Waals surface area (Å²) in [4.78, 5) is 33.2. The highest BCUT2D eigenvalue weighted by Crippen LogP contribution is 2.27. The topological polar surface area (TPSA) is 142 Å². The molecule has 2 aromatic rings. The third-order valence-corrected chi connectivity index (χ3v) is 3.69. The van der Waals surface area contributed by atoms with E-state index in [1.807, 2.05) is 0 Å². The lowest BCUT2D eigenvalue weighted by Crippen LogP contribution is -2.27. The van der Waals surface area contributed by atoms with Crippen LogP contribution in [0.4, 0.5) is 17.2 Å². The maximum absolute atomic E-state index is 12.6. The third-order valence-electron chi connectivity index (χ3n) is 3.69. The van der Waals surface area contributed by atoms with Gasteiger partial charge in [0.05, 0.1) is 40.6 Å². The number of nitrogens with one attached hydrogen (secondary N) is 1. The molecular weight excluding hydrogens is 346 g/mol. The summed E-state index contributed by atoms with van der Waals surface area (Å²) >= 11 is 0. The Morgan fingerprint density at radius 3 is 2.46 bits per heavy atom. The lowest BCUT2D eigenvalue weighted by Gasteiger charge is -2.14. The number of methoxy groups -OCH3 is 1. The highest BCUT2D eigenvalue weighted by molar-refractivity contribution is 5.94. The number of amides is 1. The Labute approximate surface area is 147 Å². The van der Waals surface area contributed by atoms with Gasteiger partial charge in [0.2, 0.25) is 0 Å². The number of anilines is 1. The van der Waals surface area contributed by atoms with Crippen LogP contribution in [-0.2, 0) is 4.79 Å². The molecule has 0 saturated heterocycles. The summed E-state index contributed by atoms with van der Waals surface area (Å²) in [6.45, 7) is 3.33. The molecule has 138 valence electrons. The van der Waals surface area contributed by atoms with Crippen molar-refractivity contribution in [2.24, 2.45) is 0 Å². The molecule has 0 saturated carbocycles. The summed E-state index contributed by atoms with van der Waals surface area (Å²) in [6.07, 6.45) is 0.317. The fraction of sp³-hybridized carbons (Fsp3) is 0.333. The van der Waals surface area contributed by atoms with Crippen molar-refractivity contribution in [1.29, 1.82) is 0 Å². The zero-order chi connectivity index (χ0) is 19.4. The van der Waals surface area contributed by atoms with Gasteiger partial charge in [-0.1, -0.05) is 6.92 Å². The molecule has 11 nitrogen and oxygen atoms in total. The number of hydrogen-bond acceptors (Lipinski definition) is 7. The van der Waals surface area contributed by atoms with Crippen molar-refractivity contribution in [3.8, 4) is 5.75 Å². The van der Waals surface area contributed by atoms with Crippen LogP contribution in [0.2, 0.25) is 0 Å². The molecule has 1 heterocycles. The first-order chi connectivity index (χ1) is 12.3. The fourth-order valence-corrected chi connectivity index (χ4v) is 2.45. The molecule has 0 aliphatic heterocycles. The SMILES string of the molecule is CCC(C(=O)Nc1cc(OC)cc([N+](=O)[O-])c1)n1nc([N+](=O)[O-])cc1C. The van der Waals surface area contributed by atoms with Gasteiger partial charge in [0.25, 0.3) is 11.6 Å². The maximum atomic E-state index is 12.6. The summed E-state index contributed by atoms with van der Waals surface area (Å²) in [5.74, 6) is -0.643. The van der Waals surface area contributed by atoms with Gasteiger partial charge in [0, 0.05) is 12.1 Å². The van der Waals surface area contributed by atoms with Crippen molar-refractivity contribution >= 4 is 23.1 Å². The molecule has 0 spiro atoms. The minimum absolute atomic E-state index is 0.179. The predicted molar refractivity (Wildman–Crippen MR) is 91.2 cm³/mol. The molecule has 1 amide bonds. The first-order valence-electron chi connectivity index (χ1n) is 7.61. The number of aromatic nitrogens is 2. The third kappa shape index (κ3) is 3.94. The lowest BCUT2D eigenvalue weighted by molar-refractivity contribution is -0.389. The van der Waals surface area contributed by atoms with Gasteiger partial charge in [0.1, 0.15) is 5.75 Å². The van der Waals surface area contributed by atoms with Crippen LogP contribution in [-0.4, -0.2) is 32.6 Å². The molecule has 1 aromatic heterocycles. The zero-order valence-corrected chi connectivity index (χ0v) is 14.3. The van der Waals surface area contributed by atoms with Gasteiger partial charge in [-0.15, -0.1) is 0 Å². The van der Waals surface area contributed by atoms with Gasteiger partial charge in [-0.25, -0.2) is 0 Å². The summed E-state index contributed by atoms with van der Waals surface area (Å²) in [6, 6.07) is 4.33. The Balaban J connectivity index is 2.31. The molecule has 0 bridgehead atoms. The van der Waals surface area contributed by atoms with Gasteiger partial charge in [0.15, 0.2) is 6.04 Å². The number of carbonyl (C=O) groups excluding carboxylic acids is 1. The van der Waals surface area contributed by atoms with Gasteiger partial charge < -0.3 is 20.2 Å². The van der Waals surface area contributed by atoms with Gasteiger partial charge in [-0.3, -0.25) is 14.9 Å². The smallest absolute Gasteiger partial charge is 0.390 e. The molecular formula is C15H17N5O6. The van der Waals surface area contributed by atoms with E-state index in [1.54, 1.807) is 13.8 Å². The average molecular weight is 363 g/mol. The van der Waals surface area contributed by atoms with E-state index in [9.17, 15) is 25.0 Å². The molecule has 2 rings (SSSR count). The minimum atomic E-state index is -0.811. The second kappa shape index (κ2) is 7.59. The van der Waals surface area contributed by atoms with Crippen LogP contribution in [0.15, 0.2) is 24.3 Å². The number of rotatable bonds is 7. The van der Waals surface area contributed by atoms with Crippen LogP contribution in [0.3, 0.4) is 0 Å². The molecule has 26 heavy (non-hydrogen) atoms. The molecule has 1 aromatic carbocycles. The Morgan fingerprint density at radius 1 is 1.27 bits per heavy atom.